The molecular formula is C36H43N7O. The largest absolute Gasteiger partial charge is 0.337 e. The number of piperazine rings is 1. The minimum atomic E-state index is -0.145. The van der Waals surface area contributed by atoms with Gasteiger partial charge in [-0.05, 0) is 52.9 Å². The highest BCUT2D eigenvalue weighted by Crippen LogP contribution is 2.27. The first-order valence-electron chi connectivity index (χ1n) is 15.5. The van der Waals surface area contributed by atoms with E-state index in [1.807, 2.05) is 79.2 Å². The summed E-state index contributed by atoms with van der Waals surface area (Å²) < 4.78 is 1.97. The molecule has 0 aliphatic carbocycles. The second-order valence-electron chi connectivity index (χ2n) is 11.8. The summed E-state index contributed by atoms with van der Waals surface area (Å²) in [6, 6.07) is 24.0. The van der Waals surface area contributed by atoms with Crippen molar-refractivity contribution in [2.75, 3.05) is 36.8 Å². The summed E-state index contributed by atoms with van der Waals surface area (Å²) in [6.45, 7) is 15.6. The van der Waals surface area contributed by atoms with Crippen molar-refractivity contribution in [2.24, 2.45) is 0 Å². The number of nitrogens with zero attached hydrogens (tertiary/aromatic N) is 4. The lowest BCUT2D eigenvalue weighted by molar-refractivity contribution is 0.102. The van der Waals surface area contributed by atoms with Gasteiger partial charge in [0.05, 0.1) is 5.69 Å². The number of anilines is 3. The zero-order valence-electron chi connectivity index (χ0n) is 26.4. The van der Waals surface area contributed by atoms with E-state index in [1.165, 1.54) is 11.1 Å². The Morgan fingerprint density at radius 1 is 0.932 bits per heavy atom. The Kier molecular flexibility index (Phi) is 9.72. The van der Waals surface area contributed by atoms with Crippen LogP contribution in [0.5, 0.6) is 0 Å². The van der Waals surface area contributed by atoms with E-state index in [4.69, 9.17) is 4.98 Å². The molecule has 0 atom stereocenters. The quantitative estimate of drug-likeness (QED) is 0.187. The van der Waals surface area contributed by atoms with Crippen LogP contribution in [0.4, 0.5) is 17.2 Å². The van der Waals surface area contributed by atoms with Crippen molar-refractivity contribution in [1.82, 2.24) is 24.6 Å². The van der Waals surface area contributed by atoms with Crippen LogP contribution in [0.1, 0.15) is 56.1 Å². The van der Waals surface area contributed by atoms with Gasteiger partial charge in [0.2, 0.25) is 0 Å². The number of aromatic nitrogens is 3. The van der Waals surface area contributed by atoms with Gasteiger partial charge in [-0.3, -0.25) is 9.69 Å². The second-order valence-corrected chi connectivity index (χ2v) is 11.8. The van der Waals surface area contributed by atoms with Crippen molar-refractivity contribution in [3.05, 3.63) is 108 Å². The molecule has 0 unspecified atom stereocenters. The highest BCUT2D eigenvalue weighted by atomic mass is 16.1. The summed E-state index contributed by atoms with van der Waals surface area (Å²) >= 11 is 0. The molecule has 6 rings (SSSR count). The van der Waals surface area contributed by atoms with Crippen LogP contribution in [-0.4, -0.2) is 51.4 Å². The molecule has 0 bridgehead atoms. The molecule has 1 amide bonds. The van der Waals surface area contributed by atoms with Crippen LogP contribution in [0.2, 0.25) is 0 Å². The number of benzene rings is 3. The molecule has 3 aromatic carbocycles. The second kappa shape index (κ2) is 13.8. The summed E-state index contributed by atoms with van der Waals surface area (Å²) in [4.78, 5) is 25.0. The predicted octanol–water partition coefficient (Wildman–Crippen LogP) is 7.12. The van der Waals surface area contributed by atoms with Gasteiger partial charge in [-0.15, -0.1) is 0 Å². The van der Waals surface area contributed by atoms with E-state index >= 15 is 0 Å². The summed E-state index contributed by atoms with van der Waals surface area (Å²) in [5.41, 5.74) is 7.19. The molecule has 3 N–H and O–H groups in total. The molecule has 1 saturated heterocycles. The number of fused-ring (bicyclic) bond motifs is 1. The smallest absolute Gasteiger partial charge is 0.255 e. The van der Waals surface area contributed by atoms with Gasteiger partial charge in [-0.1, -0.05) is 71.0 Å². The monoisotopic (exact) mass is 589 g/mol. The molecule has 44 heavy (non-hydrogen) atoms. The molecule has 228 valence electrons. The summed E-state index contributed by atoms with van der Waals surface area (Å²) in [6.07, 6.45) is 5.65. The average Bonchev–Trinajstić information content (AvgIpc) is 3.52. The zero-order chi connectivity index (χ0) is 31.1. The van der Waals surface area contributed by atoms with E-state index in [2.05, 4.69) is 70.9 Å². The normalized spacial score (nSPS) is 13.7. The van der Waals surface area contributed by atoms with Gasteiger partial charge in [0.15, 0.2) is 11.5 Å². The molecule has 1 aliphatic heterocycles. The zero-order valence-corrected chi connectivity index (χ0v) is 26.4. The number of amides is 1. The van der Waals surface area contributed by atoms with Crippen molar-refractivity contribution >= 4 is 28.7 Å². The maximum absolute atomic E-state index is 13.0. The highest BCUT2D eigenvalue weighted by molar-refractivity contribution is 6.04. The fourth-order valence-corrected chi connectivity index (χ4v) is 5.25. The molecule has 3 heterocycles. The third-order valence-electron chi connectivity index (χ3n) is 7.61. The number of hydrogen-bond acceptors (Lipinski definition) is 6. The third kappa shape index (κ3) is 7.51. The van der Waals surface area contributed by atoms with Gasteiger partial charge in [-0.2, -0.15) is 0 Å². The standard InChI is InChI=1S/C34H37N7O.C2H6/c1-34(2,3)27-12-10-25(11-13-27)33(42)38-29-9-5-7-26(21-29)30-23-41-19-16-36-32(41)31(39-30)37-28-8-4-6-24(20-28)22-40-17-14-35-15-18-40;1-2/h4-13,16,19-21,23,35H,14-15,17-18,22H2,1-3H3,(H,37,39)(H,38,42);1-2H3. The molecular weight excluding hydrogens is 546 g/mol. The van der Waals surface area contributed by atoms with Crippen LogP contribution < -0.4 is 16.0 Å². The number of nitrogens with one attached hydrogen (secondary N) is 3. The number of carbonyl (C=O) groups is 1. The third-order valence-corrected chi connectivity index (χ3v) is 7.61. The van der Waals surface area contributed by atoms with Crippen LogP contribution in [0.15, 0.2) is 91.4 Å². The van der Waals surface area contributed by atoms with Crippen molar-refractivity contribution in [3.63, 3.8) is 0 Å². The van der Waals surface area contributed by atoms with Crippen LogP contribution in [-0.2, 0) is 12.0 Å². The Balaban J connectivity index is 0.00000188. The lowest BCUT2D eigenvalue weighted by Crippen LogP contribution is -2.42. The average molecular weight is 590 g/mol. The van der Waals surface area contributed by atoms with Crippen LogP contribution in [0.25, 0.3) is 16.9 Å². The first kappa shape index (κ1) is 30.9. The van der Waals surface area contributed by atoms with Crippen LogP contribution >= 0.6 is 0 Å². The first-order chi connectivity index (χ1) is 21.3. The Labute approximate surface area is 260 Å². The van der Waals surface area contributed by atoms with Crippen molar-refractivity contribution in [2.45, 2.75) is 46.6 Å². The fraction of sp³-hybridized carbons (Fsp3) is 0.306. The Hall–Kier alpha value is -4.53. The van der Waals surface area contributed by atoms with Gasteiger partial charge in [0.1, 0.15) is 0 Å². The molecule has 8 nitrogen and oxygen atoms in total. The SMILES string of the molecule is CC.CC(C)(C)c1ccc(C(=O)Nc2cccc(-c3cn4ccnc4c(Nc4cccc(CN5CCNCC5)c4)n3)c2)cc1. The molecule has 0 saturated carbocycles. The lowest BCUT2D eigenvalue weighted by Gasteiger charge is -2.27. The topological polar surface area (TPSA) is 86.6 Å². The maximum atomic E-state index is 13.0. The van der Waals surface area contributed by atoms with Crippen LogP contribution in [0, 0.1) is 0 Å². The number of rotatable bonds is 7. The summed E-state index contributed by atoms with van der Waals surface area (Å²) in [5, 5.41) is 9.96. The Bertz CT molecular complexity index is 1700. The van der Waals surface area contributed by atoms with Crippen molar-refractivity contribution < 1.29 is 4.79 Å². The highest BCUT2D eigenvalue weighted by Gasteiger charge is 2.16. The molecule has 0 radical (unpaired) electrons. The molecule has 8 heteroatoms. The molecule has 5 aromatic rings. The minimum absolute atomic E-state index is 0.0359. The van der Waals surface area contributed by atoms with E-state index < -0.39 is 0 Å². The fourth-order valence-electron chi connectivity index (χ4n) is 5.25. The molecule has 1 aliphatic rings. The van der Waals surface area contributed by atoms with Crippen LogP contribution in [0.3, 0.4) is 0 Å². The molecule has 0 spiro atoms. The summed E-state index contributed by atoms with van der Waals surface area (Å²) in [5.74, 6) is 0.527. The van der Waals surface area contributed by atoms with E-state index in [-0.39, 0.29) is 11.3 Å². The van der Waals surface area contributed by atoms with E-state index in [9.17, 15) is 4.79 Å². The van der Waals surface area contributed by atoms with Gasteiger partial charge in [-0.25, -0.2) is 9.97 Å². The number of carbonyl (C=O) groups excluding carboxylic acids is 1. The van der Waals surface area contributed by atoms with Crippen molar-refractivity contribution in [3.8, 4) is 11.3 Å². The van der Waals surface area contributed by atoms with Crippen molar-refractivity contribution in [1.29, 1.82) is 0 Å². The number of imidazole rings is 1. The van der Waals surface area contributed by atoms with Gasteiger partial charge >= 0.3 is 0 Å². The predicted molar refractivity (Wildman–Crippen MR) is 181 cm³/mol. The van der Waals surface area contributed by atoms with Gasteiger partial charge in [0.25, 0.3) is 5.91 Å². The maximum Gasteiger partial charge on any atom is 0.255 e. The lowest BCUT2D eigenvalue weighted by atomic mass is 9.87. The first-order valence-corrected chi connectivity index (χ1v) is 15.5. The van der Waals surface area contributed by atoms with Gasteiger partial charge in [0, 0.05) is 73.8 Å². The van der Waals surface area contributed by atoms with Gasteiger partial charge < -0.3 is 20.4 Å². The van der Waals surface area contributed by atoms with E-state index in [0.717, 1.165) is 55.3 Å². The van der Waals surface area contributed by atoms with E-state index in [1.54, 1.807) is 6.20 Å². The Morgan fingerprint density at radius 3 is 2.41 bits per heavy atom. The van der Waals surface area contributed by atoms with E-state index in [0.29, 0.717) is 17.1 Å². The Morgan fingerprint density at radius 2 is 1.66 bits per heavy atom. The minimum Gasteiger partial charge on any atom is -0.337 e. The molecule has 1 fully saturated rings. The summed E-state index contributed by atoms with van der Waals surface area (Å²) in [7, 11) is 0. The molecule has 2 aromatic heterocycles. The number of hydrogen-bond donors (Lipinski definition) is 3.